The standard InChI is InChI=1S/C35H24N4O12/c40-26(16-36-20-3-1-5-22(14-20)38(46)47)30-32(42)24-12-18(7-9-28(24)50-34(30)44)11-19-8-10-29-25(13-19)33(43)31(35(45)51-29)27(41)17-37-21-4-2-6-23(15-21)39(48)49/h1-10,12-15,36-37,42-43H,11,16-17H2. The van der Waals surface area contributed by atoms with E-state index in [1.54, 1.807) is 12.1 Å². The van der Waals surface area contributed by atoms with Gasteiger partial charge < -0.3 is 29.7 Å². The van der Waals surface area contributed by atoms with Crippen LogP contribution in [0, 0.1) is 20.2 Å². The highest BCUT2D eigenvalue weighted by Crippen LogP contribution is 2.31. The average Bonchev–Trinajstić information content (AvgIpc) is 3.10. The summed E-state index contributed by atoms with van der Waals surface area (Å²) in [5.41, 5.74) is -2.12. The second-order valence-corrected chi connectivity index (χ2v) is 11.2. The Morgan fingerprint density at radius 1 is 0.627 bits per heavy atom. The summed E-state index contributed by atoms with van der Waals surface area (Å²) < 4.78 is 10.6. The molecule has 0 radical (unpaired) electrons. The number of ketones is 2. The highest BCUT2D eigenvalue weighted by Gasteiger charge is 2.23. The van der Waals surface area contributed by atoms with Gasteiger partial charge in [0.1, 0.15) is 33.8 Å². The molecule has 6 aromatic rings. The van der Waals surface area contributed by atoms with E-state index in [9.17, 15) is 49.6 Å². The SMILES string of the molecule is O=C(CNc1cccc([N+](=O)[O-])c1)c1c(O)c2cc(Cc3ccc4oc(=O)c(C(=O)CNc5cccc([N+](=O)[O-])c5)c(O)c4c3)ccc2oc1=O. The van der Waals surface area contributed by atoms with Gasteiger partial charge in [-0.3, -0.25) is 29.8 Å². The summed E-state index contributed by atoms with van der Waals surface area (Å²) in [7, 11) is 0. The molecule has 4 aromatic carbocycles. The van der Waals surface area contributed by atoms with Crippen molar-refractivity contribution in [2.24, 2.45) is 0 Å². The third kappa shape index (κ3) is 6.95. The van der Waals surface area contributed by atoms with Crippen molar-refractivity contribution in [3.8, 4) is 11.5 Å². The molecule has 0 atom stereocenters. The molecule has 0 bridgehead atoms. The second-order valence-electron chi connectivity index (χ2n) is 11.2. The zero-order valence-electron chi connectivity index (χ0n) is 26.1. The molecular weight excluding hydrogens is 668 g/mol. The van der Waals surface area contributed by atoms with Crippen molar-refractivity contribution < 1.29 is 38.5 Å². The lowest BCUT2D eigenvalue weighted by molar-refractivity contribution is -0.385. The molecule has 0 saturated carbocycles. The number of hydrogen-bond donors (Lipinski definition) is 4. The summed E-state index contributed by atoms with van der Waals surface area (Å²) in [6.45, 7) is -0.951. The van der Waals surface area contributed by atoms with E-state index in [0.29, 0.717) is 11.1 Å². The lowest BCUT2D eigenvalue weighted by atomic mass is 9.99. The molecule has 16 nitrogen and oxygen atoms in total. The predicted octanol–water partition coefficient (Wildman–Crippen LogP) is 5.31. The lowest BCUT2D eigenvalue weighted by Gasteiger charge is -2.10. The fourth-order valence-electron chi connectivity index (χ4n) is 5.41. The van der Waals surface area contributed by atoms with Gasteiger partial charge >= 0.3 is 11.3 Å². The van der Waals surface area contributed by atoms with Crippen LogP contribution >= 0.6 is 0 Å². The van der Waals surface area contributed by atoms with Crippen LogP contribution < -0.4 is 21.9 Å². The molecule has 2 heterocycles. The molecule has 0 unspecified atom stereocenters. The van der Waals surface area contributed by atoms with Crippen LogP contribution in [-0.4, -0.2) is 44.7 Å². The molecule has 0 fully saturated rings. The largest absolute Gasteiger partial charge is 0.506 e. The summed E-state index contributed by atoms with van der Waals surface area (Å²) >= 11 is 0. The van der Waals surface area contributed by atoms with Crippen molar-refractivity contribution >= 4 is 56.3 Å². The maximum atomic E-state index is 13.0. The van der Waals surface area contributed by atoms with Gasteiger partial charge in [0.2, 0.25) is 0 Å². The molecule has 0 aliphatic rings. The summed E-state index contributed by atoms with van der Waals surface area (Å²) in [5, 5.41) is 49.6. The number of nitrogens with zero attached hydrogens (tertiary/aromatic N) is 2. The minimum Gasteiger partial charge on any atom is -0.506 e. The van der Waals surface area contributed by atoms with Gasteiger partial charge in [0.05, 0.1) is 33.7 Å². The van der Waals surface area contributed by atoms with Crippen molar-refractivity contribution in [3.63, 3.8) is 0 Å². The van der Waals surface area contributed by atoms with Gasteiger partial charge in [0, 0.05) is 35.6 Å². The zero-order chi connectivity index (χ0) is 36.4. The van der Waals surface area contributed by atoms with Crippen LogP contribution in [0.3, 0.4) is 0 Å². The van der Waals surface area contributed by atoms with Gasteiger partial charge in [-0.2, -0.15) is 0 Å². The van der Waals surface area contributed by atoms with E-state index in [0.717, 1.165) is 0 Å². The number of rotatable bonds is 12. The summed E-state index contributed by atoms with van der Waals surface area (Å²) in [6.07, 6.45) is 0.179. The molecule has 0 saturated heterocycles. The molecule has 0 spiro atoms. The third-order valence-corrected chi connectivity index (χ3v) is 7.87. The van der Waals surface area contributed by atoms with Crippen LogP contribution in [-0.2, 0) is 6.42 Å². The Balaban J connectivity index is 1.24. The predicted molar refractivity (Wildman–Crippen MR) is 183 cm³/mol. The van der Waals surface area contributed by atoms with Crippen molar-refractivity contribution in [3.05, 3.63) is 148 Å². The number of aromatic hydroxyl groups is 2. The van der Waals surface area contributed by atoms with Crippen molar-refractivity contribution in [1.82, 2.24) is 0 Å². The Labute approximate surface area is 284 Å². The average molecular weight is 693 g/mol. The fraction of sp³-hybridized carbons (Fsp3) is 0.0857. The van der Waals surface area contributed by atoms with Crippen LogP contribution in [0.15, 0.2) is 103 Å². The van der Waals surface area contributed by atoms with E-state index in [-0.39, 0.29) is 51.1 Å². The van der Waals surface area contributed by atoms with Gasteiger partial charge in [-0.05, 0) is 53.9 Å². The van der Waals surface area contributed by atoms with Crippen molar-refractivity contribution in [2.75, 3.05) is 23.7 Å². The molecule has 16 heteroatoms. The summed E-state index contributed by atoms with van der Waals surface area (Å²) in [5.74, 6) is -2.88. The van der Waals surface area contributed by atoms with Crippen molar-refractivity contribution in [1.29, 1.82) is 0 Å². The first kappa shape index (κ1) is 33.5. The minimum absolute atomic E-state index is 0.00393. The van der Waals surface area contributed by atoms with Crippen LogP contribution in [0.4, 0.5) is 22.7 Å². The van der Waals surface area contributed by atoms with Gasteiger partial charge in [-0.15, -0.1) is 0 Å². The van der Waals surface area contributed by atoms with E-state index in [1.807, 2.05) is 0 Å². The van der Waals surface area contributed by atoms with Gasteiger partial charge in [-0.25, -0.2) is 9.59 Å². The number of benzene rings is 4. The van der Waals surface area contributed by atoms with Crippen LogP contribution in [0.25, 0.3) is 21.9 Å². The van der Waals surface area contributed by atoms with Gasteiger partial charge in [0.25, 0.3) is 11.4 Å². The normalized spacial score (nSPS) is 11.0. The van der Waals surface area contributed by atoms with Crippen LogP contribution in [0.2, 0.25) is 0 Å². The van der Waals surface area contributed by atoms with E-state index >= 15 is 0 Å². The lowest BCUT2D eigenvalue weighted by Crippen LogP contribution is -2.21. The number of nitrogens with one attached hydrogen (secondary N) is 2. The van der Waals surface area contributed by atoms with Crippen LogP contribution in [0.1, 0.15) is 31.8 Å². The highest BCUT2D eigenvalue weighted by atomic mass is 16.6. The van der Waals surface area contributed by atoms with E-state index < -0.39 is 68.4 Å². The molecule has 6 rings (SSSR count). The maximum absolute atomic E-state index is 13.0. The van der Waals surface area contributed by atoms with Gasteiger partial charge in [-0.1, -0.05) is 24.3 Å². The molecule has 51 heavy (non-hydrogen) atoms. The Morgan fingerprint density at radius 3 is 1.43 bits per heavy atom. The molecule has 256 valence electrons. The Hall–Kier alpha value is -7.36. The number of carbonyl (C=O) groups is 2. The number of fused-ring (bicyclic) bond motifs is 2. The number of anilines is 2. The number of non-ortho nitro benzene ring substituents is 2. The first-order chi connectivity index (χ1) is 24.4. The van der Waals surface area contributed by atoms with E-state index in [2.05, 4.69) is 10.6 Å². The quantitative estimate of drug-likeness (QED) is 0.0550. The Kier molecular flexibility index (Phi) is 8.97. The molecule has 4 N–H and O–H groups in total. The second kappa shape index (κ2) is 13.6. The Morgan fingerprint density at radius 2 is 1.04 bits per heavy atom. The number of nitro benzene ring substituents is 2. The molecule has 0 aliphatic heterocycles. The minimum atomic E-state index is -1.07. The molecule has 0 aliphatic carbocycles. The summed E-state index contributed by atoms with van der Waals surface area (Å²) in [6, 6.07) is 19.9. The first-order valence-electron chi connectivity index (χ1n) is 15.0. The van der Waals surface area contributed by atoms with Crippen molar-refractivity contribution in [2.45, 2.75) is 6.42 Å². The fourth-order valence-corrected chi connectivity index (χ4v) is 5.41. The zero-order valence-corrected chi connectivity index (χ0v) is 26.1. The van der Waals surface area contributed by atoms with Crippen LogP contribution in [0.5, 0.6) is 11.5 Å². The van der Waals surface area contributed by atoms with Gasteiger partial charge in [0.15, 0.2) is 11.6 Å². The highest BCUT2D eigenvalue weighted by molar-refractivity contribution is 6.05. The molecular formula is C35H24N4O12. The maximum Gasteiger partial charge on any atom is 0.351 e. The number of carbonyl (C=O) groups excluding carboxylic acids is 2. The molecule has 2 aromatic heterocycles. The third-order valence-electron chi connectivity index (χ3n) is 7.87. The number of Topliss-reactive ketones (excluding diaryl/α,β-unsaturated/α-hetero) is 2. The number of nitro groups is 2. The Bertz CT molecular complexity index is 2370. The first-order valence-corrected chi connectivity index (χ1v) is 15.0. The number of hydrogen-bond acceptors (Lipinski definition) is 14. The molecule has 0 amide bonds. The monoisotopic (exact) mass is 692 g/mol. The smallest absolute Gasteiger partial charge is 0.351 e. The van der Waals surface area contributed by atoms with E-state index in [1.165, 1.54) is 72.8 Å². The summed E-state index contributed by atoms with van der Waals surface area (Å²) in [4.78, 5) is 72.2. The topological polar surface area (TPSA) is 245 Å². The van der Waals surface area contributed by atoms with E-state index in [4.69, 9.17) is 8.83 Å².